The Balaban J connectivity index is 3.99. The van der Waals surface area contributed by atoms with Crippen molar-refractivity contribution in [2.45, 2.75) is 51.1 Å². The zero-order valence-corrected chi connectivity index (χ0v) is 12.7. The summed E-state index contributed by atoms with van der Waals surface area (Å²) < 4.78 is 20.2. The fourth-order valence-electron chi connectivity index (χ4n) is 1.88. The van der Waals surface area contributed by atoms with Gasteiger partial charge in [0.25, 0.3) is 0 Å². The van der Waals surface area contributed by atoms with E-state index in [0.29, 0.717) is 0 Å². The molecule has 0 aliphatic carbocycles. The summed E-state index contributed by atoms with van der Waals surface area (Å²) in [6, 6.07) is 2.23. The maximum absolute atomic E-state index is 6.91. The summed E-state index contributed by atoms with van der Waals surface area (Å²) in [4.78, 5) is 0. The average Bonchev–Trinajstić information content (AvgIpc) is 2.16. The van der Waals surface area contributed by atoms with Gasteiger partial charge in [-0.3, -0.25) is 0 Å². The molecule has 0 saturated heterocycles. The van der Waals surface area contributed by atoms with Crippen LogP contribution in [0.15, 0.2) is 0 Å². The predicted octanol–water partition coefficient (Wildman–Crippen LogP) is 2.11. The molecule has 4 N–H and O–H groups in total. The third-order valence-electron chi connectivity index (χ3n) is 2.46. The molecule has 0 spiro atoms. The van der Waals surface area contributed by atoms with Gasteiger partial charge in [0.1, 0.15) is 2.82 Å². The molecule has 0 aromatic rings. The van der Waals surface area contributed by atoms with Crippen LogP contribution in [0.25, 0.3) is 0 Å². The van der Waals surface area contributed by atoms with Gasteiger partial charge in [-0.05, 0) is 64.2 Å². The molecule has 0 atom stereocenters. The predicted molar refractivity (Wildman–Crippen MR) is 73.0 cm³/mol. The van der Waals surface area contributed by atoms with Crippen LogP contribution in [-0.2, 0) is 4.12 Å². The molecule has 15 heavy (non-hydrogen) atoms. The summed E-state index contributed by atoms with van der Waals surface area (Å²) in [5, 5.41) is 0. The maximum Gasteiger partial charge on any atom is 0.173 e. The summed E-state index contributed by atoms with van der Waals surface area (Å²) >= 11 is 0. The maximum atomic E-state index is 6.91. The second-order valence-corrected chi connectivity index (χ2v) is 14.2. The van der Waals surface area contributed by atoms with E-state index < -0.39 is 16.6 Å². The molecule has 0 unspecified atom stereocenters. The normalized spacial score (nSPS) is 14.9. The van der Waals surface area contributed by atoms with E-state index in [1.807, 2.05) is 0 Å². The topological polar surface area (TPSA) is 61.3 Å². The van der Waals surface area contributed by atoms with E-state index >= 15 is 0 Å². The molecule has 0 aromatic carbocycles. The molecule has 0 aliphatic heterocycles. The van der Waals surface area contributed by atoms with Crippen LogP contribution in [0.5, 0.6) is 0 Å². The average molecular weight is 251 g/mol. The Morgan fingerprint density at radius 3 is 1.67 bits per heavy atom. The van der Waals surface area contributed by atoms with E-state index in [4.69, 9.17) is 6.94 Å². The van der Waals surface area contributed by atoms with Crippen molar-refractivity contribution in [1.29, 1.82) is 0 Å². The molecule has 0 amide bonds. The first-order chi connectivity index (χ1) is 7.83. The lowest BCUT2D eigenvalue weighted by Gasteiger charge is -2.34. The van der Waals surface area contributed by atoms with Gasteiger partial charge in [-0.15, -0.1) is 0 Å². The summed E-state index contributed by atoms with van der Waals surface area (Å²) in [6.07, 6.45) is 2.06. The lowest BCUT2D eigenvalue weighted by molar-refractivity contribution is 0.531. The Labute approximate surface area is 99.8 Å². The van der Waals surface area contributed by atoms with E-state index in [9.17, 15) is 0 Å². The largest absolute Gasteiger partial charge is 0.455 e. The van der Waals surface area contributed by atoms with Gasteiger partial charge in [0.05, 0.1) is 0 Å². The molecular weight excluding hydrogens is 220 g/mol. The van der Waals surface area contributed by atoms with Crippen molar-refractivity contribution >= 4 is 16.6 Å². The number of rotatable bonds is 10. The minimum atomic E-state index is -1.57. The van der Waals surface area contributed by atoms with E-state index in [0.717, 1.165) is 38.0 Å². The van der Waals surface area contributed by atoms with Crippen LogP contribution in [-0.4, -0.2) is 29.7 Å². The van der Waals surface area contributed by atoms with Crippen molar-refractivity contribution in [3.63, 3.8) is 0 Å². The van der Waals surface area contributed by atoms with Gasteiger partial charge in [-0.1, -0.05) is 0 Å². The van der Waals surface area contributed by atoms with Crippen LogP contribution in [0, 0.1) is 0 Å². The molecule has 5 heteroatoms. The zero-order valence-electron chi connectivity index (χ0n) is 12.7. The SMILES string of the molecule is [2H]NCCC[Si](C)(C)O[Si](C)(C)CCCN[2H]. The molecule has 0 saturated carbocycles. The van der Waals surface area contributed by atoms with Crippen LogP contribution in [0.4, 0.5) is 0 Å². The smallest absolute Gasteiger partial charge is 0.173 e. The van der Waals surface area contributed by atoms with E-state index in [1.54, 1.807) is 0 Å². The molecule has 0 radical (unpaired) electrons. The Bertz CT molecular complexity index is 187. The third-order valence-corrected chi connectivity index (χ3v) is 10.00. The fraction of sp³-hybridized carbons (Fsp3) is 1.00. The van der Waals surface area contributed by atoms with Crippen LogP contribution < -0.4 is 11.5 Å². The second-order valence-electron chi connectivity index (χ2n) is 5.33. The van der Waals surface area contributed by atoms with E-state index in [-0.39, 0.29) is 0 Å². The highest BCUT2D eigenvalue weighted by Gasteiger charge is 2.31. The summed E-state index contributed by atoms with van der Waals surface area (Å²) in [7, 11) is -3.13. The Morgan fingerprint density at radius 2 is 1.33 bits per heavy atom. The van der Waals surface area contributed by atoms with Crippen molar-refractivity contribution in [2.24, 2.45) is 11.5 Å². The van der Waals surface area contributed by atoms with Gasteiger partial charge >= 0.3 is 0 Å². The molecule has 0 heterocycles. The molecule has 0 aliphatic rings. The minimum Gasteiger partial charge on any atom is -0.455 e. The highest BCUT2D eigenvalue weighted by atomic mass is 28.4. The molecule has 0 fully saturated rings. The summed E-state index contributed by atoms with van der Waals surface area (Å²) in [5.41, 5.74) is 4.89. The molecular formula is C10H28N2OSi2. The van der Waals surface area contributed by atoms with E-state index in [2.05, 4.69) is 37.6 Å². The quantitative estimate of drug-likeness (QED) is 0.461. The first kappa shape index (κ1) is 11.8. The van der Waals surface area contributed by atoms with Gasteiger partial charge in [-0.2, -0.15) is 0 Å². The Kier molecular flexibility index (Phi) is 5.35. The van der Waals surface area contributed by atoms with E-state index in [1.165, 1.54) is 0 Å². The first-order valence-electron chi connectivity index (χ1n) is 6.82. The van der Waals surface area contributed by atoms with Crippen LogP contribution >= 0.6 is 0 Å². The molecule has 0 bridgehead atoms. The Morgan fingerprint density at radius 1 is 0.933 bits per heavy atom. The van der Waals surface area contributed by atoms with Crippen molar-refractivity contribution in [3.05, 3.63) is 0 Å². The van der Waals surface area contributed by atoms with Gasteiger partial charge < -0.3 is 15.6 Å². The van der Waals surface area contributed by atoms with Crippen LogP contribution in [0.2, 0.25) is 41.1 Å². The Hall–Kier alpha value is 0.314. The van der Waals surface area contributed by atoms with Gasteiger partial charge in [-0.25, -0.2) is 0 Å². The highest BCUT2D eigenvalue weighted by Crippen LogP contribution is 2.23. The standard InChI is InChI=1S/C10H28N2OSi2/c1-14(2,9-5-7-11)13-15(3,4)10-6-8-12/h5-12H2,1-4H3/i/hD2. The molecule has 0 aromatic heterocycles. The first-order valence-corrected chi connectivity index (χ1v) is 12.1. The summed E-state index contributed by atoms with van der Waals surface area (Å²) in [6.45, 7) is 10.6. The number of nitrogens with two attached hydrogens (primary N) is 2. The molecule has 92 valence electrons. The molecule has 3 nitrogen and oxygen atoms in total. The lowest BCUT2D eigenvalue weighted by atomic mass is 10.5. The molecule has 0 rings (SSSR count). The van der Waals surface area contributed by atoms with Crippen molar-refractivity contribution in [1.82, 2.24) is 0 Å². The summed E-state index contributed by atoms with van der Waals surface area (Å²) in [5.74, 6) is 0. The van der Waals surface area contributed by atoms with Crippen molar-refractivity contribution in [3.8, 4) is 0 Å². The third kappa shape index (κ3) is 8.16. The monoisotopic (exact) mass is 250 g/mol. The minimum absolute atomic E-state index is 0.755. The fourth-order valence-corrected chi connectivity index (χ4v) is 10.7. The number of hydrogen-bond acceptors (Lipinski definition) is 3. The van der Waals surface area contributed by atoms with Crippen LogP contribution in [0.1, 0.15) is 12.8 Å². The number of hydrogen-bond donors (Lipinski definition) is 2. The van der Waals surface area contributed by atoms with Gasteiger partial charge in [0.15, 0.2) is 16.6 Å². The van der Waals surface area contributed by atoms with Crippen molar-refractivity contribution in [2.75, 3.05) is 13.1 Å². The van der Waals surface area contributed by atoms with Crippen molar-refractivity contribution < 1.29 is 6.94 Å². The highest BCUT2D eigenvalue weighted by molar-refractivity contribution is 6.84. The zero-order chi connectivity index (χ0) is 13.4. The van der Waals surface area contributed by atoms with Crippen LogP contribution in [0.3, 0.4) is 0 Å². The second kappa shape index (κ2) is 6.80. The van der Waals surface area contributed by atoms with Gasteiger partial charge in [0, 0.05) is 0 Å². The lowest BCUT2D eigenvalue weighted by Crippen LogP contribution is -2.44. The van der Waals surface area contributed by atoms with Gasteiger partial charge in [0.2, 0.25) is 0 Å².